The zero-order valence-electron chi connectivity index (χ0n) is 19.5. The van der Waals surface area contributed by atoms with Gasteiger partial charge in [-0.2, -0.15) is 0 Å². The van der Waals surface area contributed by atoms with Crippen molar-refractivity contribution in [1.82, 2.24) is 29.8 Å². The van der Waals surface area contributed by atoms with Crippen LogP contribution in [-0.4, -0.2) is 62.0 Å². The zero-order valence-corrected chi connectivity index (χ0v) is 20.3. The summed E-state index contributed by atoms with van der Waals surface area (Å²) in [6, 6.07) is 7.28. The fourth-order valence-corrected chi connectivity index (χ4v) is 4.68. The van der Waals surface area contributed by atoms with E-state index in [0.717, 1.165) is 25.9 Å². The molecule has 34 heavy (non-hydrogen) atoms. The summed E-state index contributed by atoms with van der Waals surface area (Å²) in [4.78, 5) is 37.9. The minimum atomic E-state index is -0.224. The lowest BCUT2D eigenvalue weighted by Crippen LogP contribution is -2.33. The summed E-state index contributed by atoms with van der Waals surface area (Å²) in [5, 5.41) is 15.3. The molecule has 0 saturated carbocycles. The Labute approximate surface area is 201 Å². The lowest BCUT2D eigenvalue weighted by Gasteiger charge is -2.13. The van der Waals surface area contributed by atoms with E-state index < -0.39 is 0 Å². The Morgan fingerprint density at radius 2 is 2.09 bits per heavy atom. The van der Waals surface area contributed by atoms with Crippen LogP contribution < -0.4 is 16.2 Å². The highest BCUT2D eigenvalue weighted by Gasteiger charge is 2.19. The normalized spacial score (nSPS) is 16.7. The number of carbonyl (C=O) groups is 2. The molecule has 0 unspecified atom stereocenters. The maximum Gasteiger partial charge on any atom is 0.262 e. The lowest BCUT2D eigenvalue weighted by molar-refractivity contribution is -0.122. The highest BCUT2D eigenvalue weighted by Crippen LogP contribution is 2.21. The summed E-state index contributed by atoms with van der Waals surface area (Å²) in [5.41, 5.74) is 0.438. The summed E-state index contributed by atoms with van der Waals surface area (Å²) < 4.78 is 8.80. The van der Waals surface area contributed by atoms with E-state index in [2.05, 4.69) is 20.8 Å². The second kappa shape index (κ2) is 11.0. The van der Waals surface area contributed by atoms with Gasteiger partial charge in [-0.1, -0.05) is 30.8 Å². The van der Waals surface area contributed by atoms with Gasteiger partial charge in [-0.3, -0.25) is 23.4 Å². The number of benzene rings is 1. The molecule has 0 radical (unpaired) electrons. The van der Waals surface area contributed by atoms with E-state index in [0.29, 0.717) is 28.4 Å². The Balaban J connectivity index is 1.55. The van der Waals surface area contributed by atoms with E-state index in [1.165, 1.54) is 16.3 Å². The summed E-state index contributed by atoms with van der Waals surface area (Å²) in [5.74, 6) is 0.279. The van der Waals surface area contributed by atoms with Crippen molar-refractivity contribution >= 4 is 40.3 Å². The molecule has 1 aromatic carbocycles. The smallest absolute Gasteiger partial charge is 0.262 e. The molecular formula is C23H30N6O4S. The second-order valence-corrected chi connectivity index (χ2v) is 9.39. The zero-order chi connectivity index (χ0) is 24.1. The van der Waals surface area contributed by atoms with Crippen LogP contribution in [0.4, 0.5) is 0 Å². The van der Waals surface area contributed by atoms with E-state index in [-0.39, 0.29) is 48.2 Å². The highest BCUT2D eigenvalue weighted by atomic mass is 32.2. The number of aryl methyl sites for hydroxylation is 1. The van der Waals surface area contributed by atoms with Crippen LogP contribution in [0.5, 0.6) is 0 Å². The van der Waals surface area contributed by atoms with Crippen LogP contribution in [0.25, 0.3) is 16.7 Å². The molecule has 0 aliphatic carbocycles. The molecule has 2 N–H and O–H groups in total. The monoisotopic (exact) mass is 486 g/mol. The molecule has 1 aliphatic rings. The molecule has 0 spiro atoms. The van der Waals surface area contributed by atoms with Crippen LogP contribution in [0.2, 0.25) is 0 Å². The molecule has 2 amide bonds. The van der Waals surface area contributed by atoms with Crippen LogP contribution in [-0.2, 0) is 20.9 Å². The van der Waals surface area contributed by atoms with Gasteiger partial charge in [0.05, 0.1) is 22.8 Å². The van der Waals surface area contributed by atoms with Crippen LogP contribution >= 0.6 is 11.8 Å². The van der Waals surface area contributed by atoms with Crippen molar-refractivity contribution in [3.63, 3.8) is 0 Å². The molecule has 182 valence electrons. The number of carbonyl (C=O) groups excluding carboxylic acids is 2. The van der Waals surface area contributed by atoms with Gasteiger partial charge in [-0.25, -0.2) is 0 Å². The Kier molecular flexibility index (Phi) is 7.84. The number of nitrogens with zero attached hydrogens (tertiary/aromatic N) is 4. The Hall–Kier alpha value is -2.92. The SMILES string of the molecule is CC[C@H](C)NC(=O)CCn1c(=O)c2ccccc2n2c(SCC(=O)NC[C@@H]3CCCO3)nnc12. The molecule has 0 bridgehead atoms. The van der Waals surface area contributed by atoms with E-state index >= 15 is 0 Å². The number of ether oxygens (including phenoxy) is 1. The number of hydrogen-bond acceptors (Lipinski definition) is 7. The minimum Gasteiger partial charge on any atom is -0.376 e. The third-order valence-corrected chi connectivity index (χ3v) is 6.87. The number of fused-ring (bicyclic) bond motifs is 3. The fourth-order valence-electron chi connectivity index (χ4n) is 3.91. The molecule has 1 fully saturated rings. The Morgan fingerprint density at radius 3 is 2.85 bits per heavy atom. The van der Waals surface area contributed by atoms with Gasteiger partial charge in [0.15, 0.2) is 5.16 Å². The van der Waals surface area contributed by atoms with Gasteiger partial charge in [0.2, 0.25) is 17.6 Å². The van der Waals surface area contributed by atoms with E-state index in [1.54, 1.807) is 16.5 Å². The van der Waals surface area contributed by atoms with Crippen LogP contribution in [0, 0.1) is 0 Å². The maximum absolute atomic E-state index is 13.2. The molecule has 11 heteroatoms. The van der Waals surface area contributed by atoms with Crippen molar-refractivity contribution in [1.29, 1.82) is 0 Å². The summed E-state index contributed by atoms with van der Waals surface area (Å²) >= 11 is 1.25. The minimum absolute atomic E-state index is 0.0725. The predicted octanol–water partition coefficient (Wildman–Crippen LogP) is 1.74. The van der Waals surface area contributed by atoms with E-state index in [1.807, 2.05) is 26.0 Å². The molecule has 2 aromatic heterocycles. The van der Waals surface area contributed by atoms with Crippen molar-refractivity contribution < 1.29 is 14.3 Å². The molecule has 1 aliphatic heterocycles. The molecule has 3 aromatic rings. The molecule has 4 rings (SSSR count). The van der Waals surface area contributed by atoms with Crippen molar-refractivity contribution in [3.05, 3.63) is 34.6 Å². The van der Waals surface area contributed by atoms with Crippen LogP contribution in [0.1, 0.15) is 39.5 Å². The lowest BCUT2D eigenvalue weighted by atomic mass is 10.2. The van der Waals surface area contributed by atoms with Gasteiger partial charge in [0.1, 0.15) is 0 Å². The largest absolute Gasteiger partial charge is 0.376 e. The topological polar surface area (TPSA) is 120 Å². The third kappa shape index (κ3) is 5.41. The second-order valence-electron chi connectivity index (χ2n) is 8.45. The number of thioether (sulfide) groups is 1. The molecule has 1 saturated heterocycles. The van der Waals surface area contributed by atoms with Gasteiger partial charge < -0.3 is 15.4 Å². The van der Waals surface area contributed by atoms with Crippen molar-refractivity contribution in [2.24, 2.45) is 0 Å². The van der Waals surface area contributed by atoms with Gasteiger partial charge >= 0.3 is 0 Å². The number of para-hydroxylation sites is 1. The summed E-state index contributed by atoms with van der Waals surface area (Å²) in [7, 11) is 0. The number of hydrogen-bond donors (Lipinski definition) is 2. The maximum atomic E-state index is 13.2. The van der Waals surface area contributed by atoms with E-state index in [9.17, 15) is 14.4 Å². The number of nitrogens with one attached hydrogen (secondary N) is 2. The molecular weight excluding hydrogens is 456 g/mol. The van der Waals surface area contributed by atoms with Crippen molar-refractivity contribution in [2.45, 2.75) is 63.4 Å². The molecule has 2 atom stereocenters. The average molecular weight is 487 g/mol. The Bertz CT molecular complexity index is 1230. The molecule has 10 nitrogen and oxygen atoms in total. The van der Waals surface area contributed by atoms with Crippen LogP contribution in [0.3, 0.4) is 0 Å². The number of rotatable bonds is 10. The fraction of sp³-hybridized carbons (Fsp3) is 0.522. The van der Waals surface area contributed by atoms with Gasteiger partial charge in [-0.05, 0) is 38.3 Å². The average Bonchev–Trinajstić information content (AvgIpc) is 3.51. The van der Waals surface area contributed by atoms with Crippen LogP contribution in [0.15, 0.2) is 34.2 Å². The highest BCUT2D eigenvalue weighted by molar-refractivity contribution is 7.99. The van der Waals surface area contributed by atoms with Gasteiger partial charge in [0.25, 0.3) is 5.56 Å². The van der Waals surface area contributed by atoms with Gasteiger partial charge in [-0.15, -0.1) is 10.2 Å². The Morgan fingerprint density at radius 1 is 1.26 bits per heavy atom. The van der Waals surface area contributed by atoms with Crippen molar-refractivity contribution in [3.8, 4) is 0 Å². The first-order valence-electron chi connectivity index (χ1n) is 11.6. The molecule has 3 heterocycles. The predicted molar refractivity (Wildman–Crippen MR) is 130 cm³/mol. The first-order valence-corrected chi connectivity index (χ1v) is 12.6. The first kappa shape index (κ1) is 24.2. The summed E-state index contributed by atoms with van der Waals surface area (Å²) in [6.07, 6.45) is 3.05. The van der Waals surface area contributed by atoms with Crippen molar-refractivity contribution in [2.75, 3.05) is 18.9 Å². The quantitative estimate of drug-likeness (QED) is 0.419. The standard InChI is InChI=1S/C23H30N6O4S/c1-3-15(2)25-19(30)10-11-28-21(32)17-8-4-5-9-18(17)29-22(28)26-27-23(29)34-14-20(31)24-13-16-7-6-12-33-16/h4-5,8-9,15-16H,3,6-7,10-14H2,1-2H3,(H,24,31)(H,25,30)/t15-,16-/m0/s1. The van der Waals surface area contributed by atoms with Gasteiger partial charge in [0, 0.05) is 32.2 Å². The first-order chi connectivity index (χ1) is 16.5. The summed E-state index contributed by atoms with van der Waals surface area (Å²) in [6.45, 7) is 5.37. The third-order valence-electron chi connectivity index (χ3n) is 5.94. The van der Waals surface area contributed by atoms with E-state index in [4.69, 9.17) is 4.74 Å². The number of amides is 2. The number of aromatic nitrogens is 4.